The molecule has 0 radical (unpaired) electrons. The molecule has 0 aliphatic carbocycles. The Hall–Kier alpha value is -1.67. The molecule has 2 amide bonds. The summed E-state index contributed by atoms with van der Waals surface area (Å²) < 4.78 is 9.46. The van der Waals surface area contributed by atoms with Crippen molar-refractivity contribution in [2.24, 2.45) is 0 Å². The average molecular weight is 260 g/mol. The summed E-state index contributed by atoms with van der Waals surface area (Å²) in [4.78, 5) is 34.1. The summed E-state index contributed by atoms with van der Waals surface area (Å²) in [5.41, 5.74) is -0.552. The van der Waals surface area contributed by atoms with Crippen molar-refractivity contribution in [2.45, 2.75) is 12.5 Å². The number of carbonyl (C=O) groups excluding carboxylic acids is 2. The van der Waals surface area contributed by atoms with E-state index < -0.39 is 23.6 Å². The number of nitrogens with one attached hydrogen (secondary N) is 1. The molecule has 102 valence electrons. The van der Waals surface area contributed by atoms with E-state index in [0.717, 1.165) is 0 Å². The van der Waals surface area contributed by atoms with Crippen molar-refractivity contribution in [2.75, 3.05) is 33.4 Å². The number of likely N-dealkylation sites (tertiary alicyclic amines) is 1. The summed E-state index contributed by atoms with van der Waals surface area (Å²) >= 11 is 0. The van der Waals surface area contributed by atoms with Crippen LogP contribution in [0.2, 0.25) is 0 Å². The molecule has 1 heterocycles. The molecule has 0 aromatic carbocycles. The second-order valence-electron chi connectivity index (χ2n) is 4.32. The van der Waals surface area contributed by atoms with Gasteiger partial charge in [0.15, 0.2) is 0 Å². The number of hydrogen-bond donors (Lipinski definition) is 2. The van der Waals surface area contributed by atoms with Gasteiger partial charge in [-0.15, -0.1) is 0 Å². The maximum atomic E-state index is 11.3. The first-order valence-corrected chi connectivity index (χ1v) is 5.30. The number of hydrogen-bond acceptors (Lipinski definition) is 6. The second-order valence-corrected chi connectivity index (χ2v) is 4.32. The van der Waals surface area contributed by atoms with Crippen molar-refractivity contribution in [3.05, 3.63) is 0 Å². The maximum Gasteiger partial charge on any atom is 0.413 e. The molecule has 2 N–H and O–H groups in total. The van der Waals surface area contributed by atoms with Crippen LogP contribution in [0.1, 0.15) is 6.92 Å². The van der Waals surface area contributed by atoms with E-state index in [1.807, 2.05) is 5.32 Å². The van der Waals surface area contributed by atoms with Gasteiger partial charge in [-0.05, 0) is 6.92 Å². The van der Waals surface area contributed by atoms with E-state index >= 15 is 0 Å². The minimum atomic E-state index is -1.03. The van der Waals surface area contributed by atoms with Crippen molar-refractivity contribution < 1.29 is 29.0 Å². The van der Waals surface area contributed by atoms with Crippen LogP contribution in [-0.2, 0) is 19.1 Å². The third-order valence-corrected chi connectivity index (χ3v) is 2.45. The second kappa shape index (κ2) is 5.78. The monoisotopic (exact) mass is 260 g/mol. The van der Waals surface area contributed by atoms with E-state index in [1.54, 1.807) is 11.8 Å². The fourth-order valence-electron chi connectivity index (χ4n) is 1.75. The molecule has 0 spiro atoms. The van der Waals surface area contributed by atoms with Crippen molar-refractivity contribution in [3.8, 4) is 0 Å². The third kappa shape index (κ3) is 4.30. The van der Waals surface area contributed by atoms with Crippen molar-refractivity contribution >= 4 is 18.0 Å². The van der Waals surface area contributed by atoms with Crippen LogP contribution in [0.25, 0.3) is 0 Å². The SMILES string of the molecule is COC(=O)NC(=O)CN1CC(C)(OCC(=O)O)C1. The number of carboxylic acids is 1. The van der Waals surface area contributed by atoms with Crippen molar-refractivity contribution in [3.63, 3.8) is 0 Å². The highest BCUT2D eigenvalue weighted by Crippen LogP contribution is 2.23. The van der Waals surface area contributed by atoms with E-state index in [1.165, 1.54) is 7.11 Å². The average Bonchev–Trinajstić information content (AvgIpc) is 2.24. The van der Waals surface area contributed by atoms with E-state index in [2.05, 4.69) is 4.74 Å². The van der Waals surface area contributed by atoms with Gasteiger partial charge in [0.25, 0.3) is 0 Å². The standard InChI is InChI=1S/C10H16N2O6/c1-10(18-4-8(14)15)5-12(6-10)3-7(13)11-9(16)17-2/h3-6H2,1-2H3,(H,14,15)(H,11,13,16). The molecule has 18 heavy (non-hydrogen) atoms. The number of aliphatic carboxylic acids is 1. The number of amides is 2. The highest BCUT2D eigenvalue weighted by Gasteiger charge is 2.40. The molecule has 0 aromatic rings. The first-order chi connectivity index (χ1) is 8.34. The van der Waals surface area contributed by atoms with E-state index in [-0.39, 0.29) is 13.2 Å². The van der Waals surface area contributed by atoms with Crippen LogP contribution in [0.3, 0.4) is 0 Å². The molecular weight excluding hydrogens is 244 g/mol. The number of carboxylic acid groups (broad SMARTS) is 1. The molecule has 1 rings (SSSR count). The highest BCUT2D eigenvalue weighted by atomic mass is 16.5. The molecule has 8 nitrogen and oxygen atoms in total. The van der Waals surface area contributed by atoms with Gasteiger partial charge in [0, 0.05) is 13.1 Å². The predicted molar refractivity (Wildman–Crippen MR) is 59.0 cm³/mol. The lowest BCUT2D eigenvalue weighted by Gasteiger charge is -2.46. The Morgan fingerprint density at radius 1 is 1.39 bits per heavy atom. The van der Waals surface area contributed by atoms with Gasteiger partial charge in [-0.2, -0.15) is 0 Å². The first kappa shape index (κ1) is 14.4. The van der Waals surface area contributed by atoms with Crippen LogP contribution in [0.15, 0.2) is 0 Å². The summed E-state index contributed by atoms with van der Waals surface area (Å²) in [6.07, 6.45) is -0.801. The highest BCUT2D eigenvalue weighted by molar-refractivity contribution is 5.92. The van der Waals surface area contributed by atoms with Gasteiger partial charge in [-0.25, -0.2) is 9.59 Å². The topological polar surface area (TPSA) is 105 Å². The molecule has 0 saturated carbocycles. The molecular formula is C10H16N2O6. The predicted octanol–water partition coefficient (Wildman–Crippen LogP) is -0.955. The van der Waals surface area contributed by atoms with Crippen LogP contribution in [0.4, 0.5) is 4.79 Å². The summed E-state index contributed by atoms with van der Waals surface area (Å²) in [7, 11) is 1.17. The van der Waals surface area contributed by atoms with Crippen LogP contribution < -0.4 is 5.32 Å². The van der Waals surface area contributed by atoms with Crippen LogP contribution >= 0.6 is 0 Å². The van der Waals surface area contributed by atoms with E-state index in [0.29, 0.717) is 13.1 Å². The fourth-order valence-corrected chi connectivity index (χ4v) is 1.75. The largest absolute Gasteiger partial charge is 0.480 e. The Kier molecular flexibility index (Phi) is 4.62. The molecule has 1 saturated heterocycles. The lowest BCUT2D eigenvalue weighted by atomic mass is 9.96. The Labute approximate surface area is 104 Å². The minimum Gasteiger partial charge on any atom is -0.480 e. The van der Waals surface area contributed by atoms with E-state index in [4.69, 9.17) is 9.84 Å². The summed E-state index contributed by atoms with van der Waals surface area (Å²) in [5.74, 6) is -1.50. The lowest BCUT2D eigenvalue weighted by Crippen LogP contribution is -2.63. The summed E-state index contributed by atoms with van der Waals surface area (Å²) in [6, 6.07) is 0. The number of rotatable bonds is 5. The van der Waals surface area contributed by atoms with E-state index in [9.17, 15) is 14.4 Å². The van der Waals surface area contributed by atoms with Gasteiger partial charge in [-0.3, -0.25) is 15.0 Å². The number of methoxy groups -OCH3 is 1. The quantitative estimate of drug-likeness (QED) is 0.656. The zero-order valence-electron chi connectivity index (χ0n) is 10.3. The van der Waals surface area contributed by atoms with Gasteiger partial charge < -0.3 is 14.6 Å². The normalized spacial score (nSPS) is 17.7. The summed E-state index contributed by atoms with van der Waals surface area (Å²) in [6.45, 7) is 2.33. The molecule has 1 fully saturated rings. The maximum absolute atomic E-state index is 11.3. The molecule has 0 atom stereocenters. The van der Waals surface area contributed by atoms with Gasteiger partial charge in [0.05, 0.1) is 19.3 Å². The van der Waals surface area contributed by atoms with Crippen LogP contribution in [0, 0.1) is 0 Å². The van der Waals surface area contributed by atoms with Crippen molar-refractivity contribution in [1.29, 1.82) is 0 Å². The number of nitrogens with zero attached hydrogens (tertiary/aromatic N) is 1. The first-order valence-electron chi connectivity index (χ1n) is 5.30. The van der Waals surface area contributed by atoms with Gasteiger partial charge in [0.2, 0.25) is 5.91 Å². The molecule has 1 aliphatic heterocycles. The molecule has 0 aromatic heterocycles. The fraction of sp³-hybridized carbons (Fsp3) is 0.700. The number of alkyl carbamates (subject to hydrolysis) is 1. The summed E-state index contributed by atoms with van der Waals surface area (Å²) in [5, 5.41) is 10.5. The Bertz CT molecular complexity index is 350. The smallest absolute Gasteiger partial charge is 0.413 e. The minimum absolute atomic E-state index is 0.0428. The molecule has 0 unspecified atom stereocenters. The molecule has 8 heteroatoms. The van der Waals surface area contributed by atoms with Crippen molar-refractivity contribution in [1.82, 2.24) is 10.2 Å². The number of carbonyl (C=O) groups is 3. The molecule has 1 aliphatic rings. The zero-order chi connectivity index (χ0) is 13.8. The third-order valence-electron chi connectivity index (χ3n) is 2.45. The van der Waals surface area contributed by atoms with Crippen LogP contribution in [0.5, 0.6) is 0 Å². The van der Waals surface area contributed by atoms with Gasteiger partial charge >= 0.3 is 12.1 Å². The Morgan fingerprint density at radius 2 is 2.00 bits per heavy atom. The zero-order valence-corrected chi connectivity index (χ0v) is 10.3. The number of ether oxygens (including phenoxy) is 2. The Balaban J connectivity index is 2.23. The lowest BCUT2D eigenvalue weighted by molar-refractivity contribution is -0.166. The van der Waals surface area contributed by atoms with Crippen LogP contribution in [-0.4, -0.2) is 66.9 Å². The van der Waals surface area contributed by atoms with Gasteiger partial charge in [0.1, 0.15) is 6.61 Å². The van der Waals surface area contributed by atoms with Gasteiger partial charge in [-0.1, -0.05) is 0 Å². The Morgan fingerprint density at radius 3 is 2.50 bits per heavy atom. The molecule has 0 bridgehead atoms. The number of imide groups is 1.